The molecule has 2 aromatic carbocycles. The van der Waals surface area contributed by atoms with E-state index in [2.05, 4.69) is 5.32 Å². The molecule has 114 valence electrons. The number of ether oxygens (including phenoxy) is 1. The molecule has 0 fully saturated rings. The molecule has 23 heavy (non-hydrogen) atoms. The van der Waals surface area contributed by atoms with Gasteiger partial charge in [0, 0.05) is 28.8 Å². The fraction of sp³-hybridized carbons (Fsp3) is 0.111. The van der Waals surface area contributed by atoms with E-state index in [1.165, 1.54) is 12.1 Å². The Balaban J connectivity index is 1.87. The number of rotatable bonds is 2. The number of amides is 1. The summed E-state index contributed by atoms with van der Waals surface area (Å²) in [5, 5.41) is 2.72. The lowest BCUT2D eigenvalue weighted by atomic mass is 9.98. The highest BCUT2D eigenvalue weighted by Gasteiger charge is 2.32. The number of aldehydes is 1. The minimum absolute atomic E-state index is 0.301. The summed E-state index contributed by atoms with van der Waals surface area (Å²) in [4.78, 5) is 22.9. The van der Waals surface area contributed by atoms with Crippen LogP contribution in [0, 0.1) is 5.82 Å². The van der Waals surface area contributed by atoms with Crippen molar-refractivity contribution in [3.8, 4) is 0 Å². The standard InChI is InChI=1S/C18H12FNO3/c19-12-2-4-15-14(8-12)16(18(22)20-15)17-13-3-1-10(5-6-21)7-11(13)9-23-17/h1-4,6-8H,5,9H2,(H,20,22). The first-order chi connectivity index (χ1) is 11.2. The van der Waals surface area contributed by atoms with Gasteiger partial charge >= 0.3 is 0 Å². The minimum Gasteiger partial charge on any atom is -0.487 e. The molecule has 0 radical (unpaired) electrons. The van der Waals surface area contributed by atoms with Gasteiger partial charge in [-0.25, -0.2) is 4.39 Å². The van der Waals surface area contributed by atoms with Gasteiger partial charge in [0.2, 0.25) is 0 Å². The van der Waals surface area contributed by atoms with Crippen molar-refractivity contribution in [3.05, 3.63) is 64.5 Å². The van der Waals surface area contributed by atoms with Gasteiger partial charge in [0.25, 0.3) is 5.91 Å². The Hall–Kier alpha value is -2.95. The molecule has 0 spiro atoms. The van der Waals surface area contributed by atoms with E-state index in [1.54, 1.807) is 6.07 Å². The van der Waals surface area contributed by atoms with Crippen LogP contribution in [0.25, 0.3) is 11.3 Å². The van der Waals surface area contributed by atoms with Gasteiger partial charge in [-0.3, -0.25) is 4.79 Å². The molecule has 1 N–H and O–H groups in total. The Morgan fingerprint density at radius 3 is 2.87 bits per heavy atom. The number of hydrogen-bond donors (Lipinski definition) is 1. The van der Waals surface area contributed by atoms with Crippen molar-refractivity contribution in [1.82, 2.24) is 0 Å². The van der Waals surface area contributed by atoms with Crippen molar-refractivity contribution in [1.29, 1.82) is 0 Å². The summed E-state index contributed by atoms with van der Waals surface area (Å²) in [6, 6.07) is 9.76. The smallest absolute Gasteiger partial charge is 0.260 e. The Kier molecular flexibility index (Phi) is 3.01. The third-order valence-corrected chi connectivity index (χ3v) is 4.06. The number of benzene rings is 2. The van der Waals surface area contributed by atoms with Crippen molar-refractivity contribution < 1.29 is 18.7 Å². The van der Waals surface area contributed by atoms with Crippen LogP contribution in [0.4, 0.5) is 10.1 Å². The van der Waals surface area contributed by atoms with Gasteiger partial charge in [-0.2, -0.15) is 0 Å². The lowest BCUT2D eigenvalue weighted by Crippen LogP contribution is -2.05. The molecule has 0 atom stereocenters. The number of anilines is 1. The Labute approximate surface area is 131 Å². The quantitative estimate of drug-likeness (QED) is 0.685. The van der Waals surface area contributed by atoms with E-state index in [-0.39, 0.29) is 5.91 Å². The third-order valence-electron chi connectivity index (χ3n) is 4.06. The topological polar surface area (TPSA) is 55.4 Å². The molecular formula is C18H12FNO3. The minimum atomic E-state index is -0.405. The monoisotopic (exact) mass is 309 g/mol. The number of hydrogen-bond acceptors (Lipinski definition) is 3. The molecule has 0 saturated heterocycles. The van der Waals surface area contributed by atoms with E-state index in [9.17, 15) is 14.0 Å². The zero-order chi connectivity index (χ0) is 16.0. The maximum absolute atomic E-state index is 13.5. The molecule has 0 aromatic heterocycles. The first kappa shape index (κ1) is 13.7. The van der Waals surface area contributed by atoms with Gasteiger partial charge in [-0.1, -0.05) is 18.2 Å². The molecule has 4 nitrogen and oxygen atoms in total. The van der Waals surface area contributed by atoms with Gasteiger partial charge in [-0.05, 0) is 23.8 Å². The Bertz CT molecular complexity index is 886. The fourth-order valence-corrected chi connectivity index (χ4v) is 3.01. The maximum Gasteiger partial charge on any atom is 0.260 e. The molecule has 2 aromatic rings. The molecule has 0 aliphatic carbocycles. The second-order valence-corrected chi connectivity index (χ2v) is 5.50. The summed E-state index contributed by atoms with van der Waals surface area (Å²) in [6.07, 6.45) is 1.19. The predicted octanol–water partition coefficient (Wildman–Crippen LogP) is 2.92. The molecule has 2 aliphatic rings. The number of halogens is 1. The average Bonchev–Trinajstić information content (AvgIpc) is 3.07. The largest absolute Gasteiger partial charge is 0.487 e. The van der Waals surface area contributed by atoms with Crippen LogP contribution in [0.1, 0.15) is 22.3 Å². The number of nitrogens with one attached hydrogen (secondary N) is 1. The molecule has 4 rings (SSSR count). The molecule has 5 heteroatoms. The summed E-state index contributed by atoms with van der Waals surface area (Å²) in [7, 11) is 0. The second-order valence-electron chi connectivity index (χ2n) is 5.50. The summed E-state index contributed by atoms with van der Waals surface area (Å²) >= 11 is 0. The first-order valence-corrected chi connectivity index (χ1v) is 7.21. The van der Waals surface area contributed by atoms with Gasteiger partial charge < -0.3 is 14.8 Å². The molecule has 0 unspecified atom stereocenters. The molecule has 0 bridgehead atoms. The van der Waals surface area contributed by atoms with E-state index < -0.39 is 5.82 Å². The number of carbonyl (C=O) groups is 2. The van der Waals surface area contributed by atoms with Crippen LogP contribution < -0.4 is 5.32 Å². The highest BCUT2D eigenvalue weighted by molar-refractivity contribution is 6.36. The lowest BCUT2D eigenvalue weighted by molar-refractivity contribution is -0.111. The SMILES string of the molecule is O=CCc1ccc2c(c1)COC2=C1C(=O)Nc2ccc(F)cc21. The van der Waals surface area contributed by atoms with E-state index in [0.29, 0.717) is 35.6 Å². The van der Waals surface area contributed by atoms with Crippen molar-refractivity contribution >= 4 is 29.2 Å². The second kappa shape index (κ2) is 5.05. The van der Waals surface area contributed by atoms with Crippen LogP contribution in [-0.2, 0) is 27.4 Å². The number of carbonyl (C=O) groups excluding carboxylic acids is 2. The molecule has 0 saturated carbocycles. The van der Waals surface area contributed by atoms with Crippen LogP contribution >= 0.6 is 0 Å². The van der Waals surface area contributed by atoms with Crippen LogP contribution in [0.2, 0.25) is 0 Å². The predicted molar refractivity (Wildman–Crippen MR) is 82.8 cm³/mol. The molecule has 2 aliphatic heterocycles. The van der Waals surface area contributed by atoms with E-state index in [0.717, 1.165) is 23.0 Å². The highest BCUT2D eigenvalue weighted by Crippen LogP contribution is 2.41. The van der Waals surface area contributed by atoms with Crippen LogP contribution in [-0.4, -0.2) is 12.2 Å². The van der Waals surface area contributed by atoms with Gasteiger partial charge in [0.05, 0.1) is 5.57 Å². The highest BCUT2D eigenvalue weighted by atomic mass is 19.1. The lowest BCUT2D eigenvalue weighted by Gasteiger charge is -2.05. The van der Waals surface area contributed by atoms with Crippen LogP contribution in [0.15, 0.2) is 36.4 Å². The summed E-state index contributed by atoms with van der Waals surface area (Å²) in [6.45, 7) is 0.332. The number of fused-ring (bicyclic) bond motifs is 2. The maximum atomic E-state index is 13.5. The first-order valence-electron chi connectivity index (χ1n) is 7.21. The van der Waals surface area contributed by atoms with Crippen LogP contribution in [0.3, 0.4) is 0 Å². The zero-order valence-corrected chi connectivity index (χ0v) is 12.1. The summed E-state index contributed by atoms with van der Waals surface area (Å²) < 4.78 is 19.3. The van der Waals surface area contributed by atoms with Gasteiger partial charge in [-0.15, -0.1) is 0 Å². The van der Waals surface area contributed by atoms with E-state index >= 15 is 0 Å². The average molecular weight is 309 g/mol. The summed E-state index contributed by atoms with van der Waals surface area (Å²) in [5.41, 5.74) is 4.06. The van der Waals surface area contributed by atoms with E-state index in [4.69, 9.17) is 4.74 Å². The van der Waals surface area contributed by atoms with Crippen molar-refractivity contribution in [2.24, 2.45) is 0 Å². The fourth-order valence-electron chi connectivity index (χ4n) is 3.01. The normalized spacial score (nSPS) is 18.2. The Morgan fingerprint density at radius 1 is 1.17 bits per heavy atom. The molecule has 2 heterocycles. The van der Waals surface area contributed by atoms with Crippen molar-refractivity contribution in [2.75, 3.05) is 5.32 Å². The van der Waals surface area contributed by atoms with E-state index in [1.807, 2.05) is 18.2 Å². The van der Waals surface area contributed by atoms with Gasteiger partial charge in [0.15, 0.2) is 0 Å². The Morgan fingerprint density at radius 2 is 2.04 bits per heavy atom. The van der Waals surface area contributed by atoms with Gasteiger partial charge in [0.1, 0.15) is 24.5 Å². The van der Waals surface area contributed by atoms with Crippen LogP contribution in [0.5, 0.6) is 0 Å². The molecular weight excluding hydrogens is 297 g/mol. The third kappa shape index (κ3) is 2.12. The van der Waals surface area contributed by atoms with Crippen molar-refractivity contribution in [3.63, 3.8) is 0 Å². The summed E-state index contributed by atoms with van der Waals surface area (Å²) in [5.74, 6) is -0.247. The zero-order valence-electron chi connectivity index (χ0n) is 12.1. The molecule has 1 amide bonds. The van der Waals surface area contributed by atoms with Crippen molar-refractivity contribution in [2.45, 2.75) is 13.0 Å².